The molecule has 0 fully saturated rings. The third-order valence-corrected chi connectivity index (χ3v) is 3.11. The molecule has 0 spiro atoms. The number of hydrogen-bond donors (Lipinski definition) is 2. The Bertz CT molecular complexity index is 559. The molecule has 0 saturated carbocycles. The second-order valence-electron chi connectivity index (χ2n) is 5.89. The number of rotatable bonds is 6. The molecule has 0 aromatic heterocycles. The summed E-state index contributed by atoms with van der Waals surface area (Å²) in [5.41, 5.74) is 1.91. The minimum atomic E-state index is -1.01. The van der Waals surface area contributed by atoms with E-state index < -0.39 is 5.97 Å². The summed E-state index contributed by atoms with van der Waals surface area (Å²) in [4.78, 5) is 22.9. The van der Waals surface area contributed by atoms with Crippen LogP contribution in [0.2, 0.25) is 0 Å². The van der Waals surface area contributed by atoms with Crippen molar-refractivity contribution in [1.29, 1.82) is 0 Å². The molecule has 2 N–H and O–H groups in total. The molecule has 4 heteroatoms. The van der Waals surface area contributed by atoms with Crippen molar-refractivity contribution >= 4 is 18.0 Å². The van der Waals surface area contributed by atoms with Gasteiger partial charge >= 0.3 is 5.97 Å². The average molecular weight is 289 g/mol. The zero-order valence-electron chi connectivity index (χ0n) is 13.1. The number of aryl methyl sites for hydroxylation is 1. The first-order valence-electron chi connectivity index (χ1n) is 7.09. The maximum absolute atomic E-state index is 12.3. The molecule has 0 unspecified atom stereocenters. The number of amides is 1. The number of carbonyl (C=O) groups is 2. The summed E-state index contributed by atoms with van der Waals surface area (Å²) in [6, 6.07) is 5.34. The first kappa shape index (κ1) is 17.0. The van der Waals surface area contributed by atoms with Crippen LogP contribution < -0.4 is 5.32 Å². The molecule has 0 aliphatic heterocycles. The van der Waals surface area contributed by atoms with E-state index in [9.17, 15) is 9.59 Å². The highest BCUT2D eigenvalue weighted by Gasteiger charge is 2.20. The summed E-state index contributed by atoms with van der Waals surface area (Å²) in [7, 11) is 0. The predicted molar refractivity (Wildman–Crippen MR) is 84.3 cm³/mol. The zero-order chi connectivity index (χ0) is 16.0. The first-order valence-corrected chi connectivity index (χ1v) is 7.09. The fraction of sp³-hybridized carbons (Fsp3) is 0.412. The van der Waals surface area contributed by atoms with Gasteiger partial charge in [-0.25, -0.2) is 4.79 Å². The summed E-state index contributed by atoms with van der Waals surface area (Å²) in [5.74, 6) is -1.14. The summed E-state index contributed by atoms with van der Waals surface area (Å²) in [5, 5.41) is 11.7. The van der Waals surface area contributed by atoms with Gasteiger partial charge in [0.1, 0.15) is 0 Å². The Labute approximate surface area is 125 Å². The SMILES string of the molecule is CCCC(C)(C)NC(=O)c1cc(C)cc(/C=C/C(=O)O)c1. The highest BCUT2D eigenvalue weighted by Crippen LogP contribution is 2.15. The number of carbonyl (C=O) groups excluding carboxylic acids is 1. The summed E-state index contributed by atoms with van der Waals surface area (Å²) >= 11 is 0. The van der Waals surface area contributed by atoms with Gasteiger partial charge in [0.15, 0.2) is 0 Å². The molecular formula is C17H23NO3. The first-order chi connectivity index (χ1) is 9.73. The molecule has 0 aliphatic rings. The second-order valence-corrected chi connectivity index (χ2v) is 5.89. The third-order valence-electron chi connectivity index (χ3n) is 3.11. The number of hydrogen-bond acceptors (Lipinski definition) is 2. The van der Waals surface area contributed by atoms with Gasteiger partial charge in [-0.2, -0.15) is 0 Å². The summed E-state index contributed by atoms with van der Waals surface area (Å²) < 4.78 is 0. The van der Waals surface area contributed by atoms with E-state index in [1.807, 2.05) is 26.8 Å². The van der Waals surface area contributed by atoms with E-state index in [-0.39, 0.29) is 11.4 Å². The Hall–Kier alpha value is -2.10. The smallest absolute Gasteiger partial charge is 0.328 e. The van der Waals surface area contributed by atoms with Gasteiger partial charge < -0.3 is 10.4 Å². The van der Waals surface area contributed by atoms with Crippen molar-refractivity contribution in [3.05, 3.63) is 41.0 Å². The van der Waals surface area contributed by atoms with Crippen molar-refractivity contribution in [3.63, 3.8) is 0 Å². The lowest BCUT2D eigenvalue weighted by Crippen LogP contribution is -2.43. The Balaban J connectivity index is 2.97. The van der Waals surface area contributed by atoms with Crippen LogP contribution in [0.4, 0.5) is 0 Å². The highest BCUT2D eigenvalue weighted by atomic mass is 16.4. The Morgan fingerprint density at radius 1 is 1.29 bits per heavy atom. The molecule has 1 aromatic rings. The lowest BCUT2D eigenvalue weighted by molar-refractivity contribution is -0.131. The van der Waals surface area contributed by atoms with Gasteiger partial charge in [-0.1, -0.05) is 19.4 Å². The molecule has 1 amide bonds. The molecule has 4 nitrogen and oxygen atoms in total. The Morgan fingerprint density at radius 3 is 2.52 bits per heavy atom. The summed E-state index contributed by atoms with van der Waals surface area (Å²) in [6.45, 7) is 7.95. The van der Waals surface area contributed by atoms with Crippen LogP contribution in [-0.2, 0) is 4.79 Å². The second kappa shape index (κ2) is 7.07. The van der Waals surface area contributed by atoms with Gasteiger partial charge in [0.05, 0.1) is 0 Å². The topological polar surface area (TPSA) is 66.4 Å². The van der Waals surface area contributed by atoms with E-state index in [1.165, 1.54) is 6.08 Å². The number of aliphatic carboxylic acids is 1. The van der Waals surface area contributed by atoms with Gasteiger partial charge in [0, 0.05) is 17.2 Å². The standard InChI is InChI=1S/C17H23NO3/c1-5-8-17(3,4)18-16(21)14-10-12(2)9-13(11-14)6-7-15(19)20/h6-7,9-11H,5,8H2,1-4H3,(H,18,21)(H,19,20)/b7-6+. The van der Waals surface area contributed by atoms with Crippen LogP contribution in [0, 0.1) is 6.92 Å². The van der Waals surface area contributed by atoms with Crippen LogP contribution in [0.3, 0.4) is 0 Å². The van der Waals surface area contributed by atoms with Crippen LogP contribution >= 0.6 is 0 Å². The van der Waals surface area contributed by atoms with E-state index in [4.69, 9.17) is 5.11 Å². The van der Waals surface area contributed by atoms with Crippen molar-refractivity contribution in [2.75, 3.05) is 0 Å². The number of carboxylic acids is 1. The van der Waals surface area contributed by atoms with Crippen molar-refractivity contribution in [3.8, 4) is 0 Å². The van der Waals surface area contributed by atoms with Crippen molar-refractivity contribution in [2.45, 2.75) is 46.1 Å². The maximum atomic E-state index is 12.3. The van der Waals surface area contributed by atoms with E-state index in [0.717, 1.165) is 24.5 Å². The molecule has 21 heavy (non-hydrogen) atoms. The lowest BCUT2D eigenvalue weighted by Gasteiger charge is -2.26. The van der Waals surface area contributed by atoms with Crippen LogP contribution in [0.1, 0.15) is 55.1 Å². The summed E-state index contributed by atoms with van der Waals surface area (Å²) in [6.07, 6.45) is 4.45. The third kappa shape index (κ3) is 5.81. The van der Waals surface area contributed by atoms with E-state index in [1.54, 1.807) is 12.1 Å². The van der Waals surface area contributed by atoms with Gasteiger partial charge in [-0.3, -0.25) is 4.79 Å². The van der Waals surface area contributed by atoms with E-state index in [2.05, 4.69) is 12.2 Å². The zero-order valence-corrected chi connectivity index (χ0v) is 13.1. The van der Waals surface area contributed by atoms with Gasteiger partial charge in [-0.15, -0.1) is 0 Å². The molecule has 114 valence electrons. The van der Waals surface area contributed by atoms with Crippen LogP contribution in [-0.4, -0.2) is 22.5 Å². The average Bonchev–Trinajstić information content (AvgIpc) is 2.35. The molecule has 0 atom stereocenters. The molecule has 1 aromatic carbocycles. The van der Waals surface area contributed by atoms with E-state index >= 15 is 0 Å². The van der Waals surface area contributed by atoms with Crippen LogP contribution in [0.15, 0.2) is 24.3 Å². The quantitative estimate of drug-likeness (QED) is 0.789. The molecule has 0 aliphatic carbocycles. The largest absolute Gasteiger partial charge is 0.478 e. The fourth-order valence-corrected chi connectivity index (χ4v) is 2.27. The Kier molecular flexibility index (Phi) is 5.70. The maximum Gasteiger partial charge on any atom is 0.328 e. The number of benzene rings is 1. The fourth-order valence-electron chi connectivity index (χ4n) is 2.27. The van der Waals surface area contributed by atoms with Gasteiger partial charge in [-0.05, 0) is 56.5 Å². The van der Waals surface area contributed by atoms with Crippen molar-refractivity contribution in [1.82, 2.24) is 5.32 Å². The molecule has 0 saturated heterocycles. The number of carboxylic acid groups (broad SMARTS) is 1. The molecule has 0 heterocycles. The minimum absolute atomic E-state index is 0.137. The normalized spacial score (nSPS) is 11.6. The van der Waals surface area contributed by atoms with Crippen molar-refractivity contribution < 1.29 is 14.7 Å². The van der Waals surface area contributed by atoms with Crippen molar-refractivity contribution in [2.24, 2.45) is 0 Å². The monoisotopic (exact) mass is 289 g/mol. The molecule has 0 radical (unpaired) electrons. The molecular weight excluding hydrogens is 266 g/mol. The predicted octanol–water partition coefficient (Wildman–Crippen LogP) is 3.40. The van der Waals surface area contributed by atoms with Gasteiger partial charge in [0.25, 0.3) is 5.91 Å². The van der Waals surface area contributed by atoms with Crippen LogP contribution in [0.25, 0.3) is 6.08 Å². The number of nitrogens with one attached hydrogen (secondary N) is 1. The molecule has 0 bridgehead atoms. The van der Waals surface area contributed by atoms with Gasteiger partial charge in [0.2, 0.25) is 0 Å². The van der Waals surface area contributed by atoms with E-state index in [0.29, 0.717) is 11.1 Å². The molecule has 1 rings (SSSR count). The lowest BCUT2D eigenvalue weighted by atomic mass is 9.97. The minimum Gasteiger partial charge on any atom is -0.478 e. The van der Waals surface area contributed by atoms with Crippen LogP contribution in [0.5, 0.6) is 0 Å². The Morgan fingerprint density at radius 2 is 1.95 bits per heavy atom. The highest BCUT2D eigenvalue weighted by molar-refractivity contribution is 5.95.